The number of hydrogen-bond donors (Lipinski definition) is 1. The quantitative estimate of drug-likeness (QED) is 0.867. The highest BCUT2D eigenvalue weighted by molar-refractivity contribution is 5.39. The minimum Gasteiger partial charge on any atom is -0.496 e. The van der Waals surface area contributed by atoms with Crippen LogP contribution in [-0.2, 0) is 0 Å². The third-order valence-corrected chi connectivity index (χ3v) is 3.65. The van der Waals surface area contributed by atoms with Crippen molar-refractivity contribution in [3.63, 3.8) is 0 Å². The van der Waals surface area contributed by atoms with Crippen LogP contribution in [0.5, 0.6) is 5.75 Å². The van der Waals surface area contributed by atoms with Gasteiger partial charge in [-0.1, -0.05) is 48.0 Å². The highest BCUT2D eigenvalue weighted by Crippen LogP contribution is 2.28. The first-order valence-electron chi connectivity index (χ1n) is 7.07. The molecule has 2 atom stereocenters. The molecule has 0 fully saturated rings. The lowest BCUT2D eigenvalue weighted by Gasteiger charge is -2.22. The normalized spacial score (nSPS) is 13.8. The number of aryl methyl sites for hydroxylation is 1. The summed E-state index contributed by atoms with van der Waals surface area (Å²) >= 11 is 0. The fourth-order valence-corrected chi connectivity index (χ4v) is 2.49. The van der Waals surface area contributed by atoms with Gasteiger partial charge in [0.25, 0.3) is 0 Å². The van der Waals surface area contributed by atoms with Crippen LogP contribution >= 0.6 is 0 Å². The Labute approximate surface area is 121 Å². The SMILES string of the molecule is COc1ccc(C)cc1C(C)NC(C)c1ccccc1. The van der Waals surface area contributed by atoms with E-state index in [2.05, 4.69) is 62.5 Å². The number of hydrogen-bond acceptors (Lipinski definition) is 2. The Kier molecular flexibility index (Phi) is 4.80. The van der Waals surface area contributed by atoms with Gasteiger partial charge in [-0.25, -0.2) is 0 Å². The average Bonchev–Trinajstić information content (AvgIpc) is 2.48. The number of rotatable bonds is 5. The van der Waals surface area contributed by atoms with Crippen molar-refractivity contribution in [3.05, 3.63) is 65.2 Å². The van der Waals surface area contributed by atoms with E-state index < -0.39 is 0 Å². The average molecular weight is 269 g/mol. The van der Waals surface area contributed by atoms with Gasteiger partial charge in [-0.3, -0.25) is 0 Å². The predicted octanol–water partition coefficient (Wildman–Crippen LogP) is 4.42. The van der Waals surface area contributed by atoms with Gasteiger partial charge in [0.2, 0.25) is 0 Å². The molecule has 0 saturated heterocycles. The molecular formula is C18H23NO. The van der Waals surface area contributed by atoms with Crippen LogP contribution in [0.15, 0.2) is 48.5 Å². The van der Waals surface area contributed by atoms with Crippen molar-refractivity contribution in [2.24, 2.45) is 0 Å². The molecule has 106 valence electrons. The van der Waals surface area contributed by atoms with Crippen molar-refractivity contribution < 1.29 is 4.74 Å². The van der Waals surface area contributed by atoms with Gasteiger partial charge in [0, 0.05) is 17.6 Å². The van der Waals surface area contributed by atoms with Crippen LogP contribution in [0.1, 0.15) is 42.6 Å². The number of nitrogens with one attached hydrogen (secondary N) is 1. The van der Waals surface area contributed by atoms with Crippen LogP contribution < -0.4 is 10.1 Å². The molecule has 0 spiro atoms. The standard InChI is InChI=1S/C18H23NO/c1-13-10-11-18(20-4)17(12-13)15(3)19-14(2)16-8-6-5-7-9-16/h5-12,14-15,19H,1-4H3. The molecule has 2 heteroatoms. The first kappa shape index (κ1) is 14.6. The second kappa shape index (κ2) is 6.58. The third kappa shape index (κ3) is 3.40. The Bertz CT molecular complexity index is 551. The Morgan fingerprint density at radius 2 is 1.65 bits per heavy atom. The highest BCUT2D eigenvalue weighted by atomic mass is 16.5. The van der Waals surface area contributed by atoms with Gasteiger partial charge in [0.05, 0.1) is 7.11 Å². The summed E-state index contributed by atoms with van der Waals surface area (Å²) in [7, 11) is 1.72. The lowest BCUT2D eigenvalue weighted by molar-refractivity contribution is 0.396. The summed E-state index contributed by atoms with van der Waals surface area (Å²) in [4.78, 5) is 0. The van der Waals surface area contributed by atoms with E-state index in [0.29, 0.717) is 6.04 Å². The van der Waals surface area contributed by atoms with Crippen LogP contribution in [-0.4, -0.2) is 7.11 Å². The Morgan fingerprint density at radius 1 is 0.950 bits per heavy atom. The second-order valence-electron chi connectivity index (χ2n) is 5.27. The summed E-state index contributed by atoms with van der Waals surface area (Å²) in [5.41, 5.74) is 3.75. The Morgan fingerprint density at radius 3 is 2.30 bits per heavy atom. The Balaban J connectivity index is 2.16. The zero-order chi connectivity index (χ0) is 14.5. The molecule has 2 nitrogen and oxygen atoms in total. The van der Waals surface area contributed by atoms with E-state index >= 15 is 0 Å². The maximum atomic E-state index is 5.47. The minimum absolute atomic E-state index is 0.236. The number of ether oxygens (including phenoxy) is 1. The van der Waals surface area contributed by atoms with E-state index in [1.54, 1.807) is 7.11 Å². The van der Waals surface area contributed by atoms with Crippen molar-refractivity contribution in [3.8, 4) is 5.75 Å². The zero-order valence-corrected chi connectivity index (χ0v) is 12.7. The largest absolute Gasteiger partial charge is 0.496 e. The second-order valence-corrected chi connectivity index (χ2v) is 5.27. The molecule has 0 saturated carbocycles. The zero-order valence-electron chi connectivity index (χ0n) is 12.7. The molecule has 0 heterocycles. The molecule has 0 aliphatic carbocycles. The maximum Gasteiger partial charge on any atom is 0.123 e. The van der Waals surface area contributed by atoms with Gasteiger partial charge in [-0.05, 0) is 32.4 Å². The van der Waals surface area contributed by atoms with Crippen molar-refractivity contribution in [2.45, 2.75) is 32.9 Å². The van der Waals surface area contributed by atoms with Gasteiger partial charge in [-0.2, -0.15) is 0 Å². The predicted molar refractivity (Wildman–Crippen MR) is 84.1 cm³/mol. The number of methoxy groups -OCH3 is 1. The molecule has 1 N–H and O–H groups in total. The molecule has 0 aliphatic heterocycles. The van der Waals surface area contributed by atoms with Crippen molar-refractivity contribution in [1.82, 2.24) is 5.32 Å². The molecule has 20 heavy (non-hydrogen) atoms. The summed E-state index contributed by atoms with van der Waals surface area (Å²) in [6.45, 7) is 6.47. The molecule has 2 aromatic carbocycles. The van der Waals surface area contributed by atoms with Crippen molar-refractivity contribution in [1.29, 1.82) is 0 Å². The molecule has 0 bridgehead atoms. The Hall–Kier alpha value is -1.80. The van der Waals surface area contributed by atoms with Crippen LogP contribution in [0.4, 0.5) is 0 Å². The summed E-state index contributed by atoms with van der Waals surface area (Å²) < 4.78 is 5.47. The highest BCUT2D eigenvalue weighted by Gasteiger charge is 2.14. The van der Waals surface area contributed by atoms with Gasteiger partial charge in [0.15, 0.2) is 0 Å². The summed E-state index contributed by atoms with van der Waals surface area (Å²) in [6.07, 6.45) is 0. The van der Waals surface area contributed by atoms with E-state index in [-0.39, 0.29) is 6.04 Å². The van der Waals surface area contributed by atoms with E-state index in [1.807, 2.05) is 12.1 Å². The van der Waals surface area contributed by atoms with E-state index in [1.165, 1.54) is 16.7 Å². The molecule has 2 rings (SSSR count). The summed E-state index contributed by atoms with van der Waals surface area (Å²) in [6, 6.07) is 17.3. The number of benzene rings is 2. The molecule has 2 unspecified atom stereocenters. The van der Waals surface area contributed by atoms with Crippen molar-refractivity contribution >= 4 is 0 Å². The van der Waals surface area contributed by atoms with Crippen LogP contribution in [0.2, 0.25) is 0 Å². The van der Waals surface area contributed by atoms with Crippen LogP contribution in [0.3, 0.4) is 0 Å². The molecule has 0 radical (unpaired) electrons. The maximum absolute atomic E-state index is 5.47. The van der Waals surface area contributed by atoms with Crippen LogP contribution in [0, 0.1) is 6.92 Å². The van der Waals surface area contributed by atoms with Gasteiger partial charge >= 0.3 is 0 Å². The smallest absolute Gasteiger partial charge is 0.123 e. The fourth-order valence-electron chi connectivity index (χ4n) is 2.49. The minimum atomic E-state index is 0.236. The van der Waals surface area contributed by atoms with Gasteiger partial charge < -0.3 is 10.1 Å². The van der Waals surface area contributed by atoms with Crippen LogP contribution in [0.25, 0.3) is 0 Å². The first-order chi connectivity index (χ1) is 9.61. The molecular weight excluding hydrogens is 246 g/mol. The molecule has 2 aromatic rings. The van der Waals surface area contributed by atoms with E-state index in [9.17, 15) is 0 Å². The fraction of sp³-hybridized carbons (Fsp3) is 0.333. The van der Waals surface area contributed by atoms with Gasteiger partial charge in [-0.15, -0.1) is 0 Å². The van der Waals surface area contributed by atoms with E-state index in [0.717, 1.165) is 5.75 Å². The lowest BCUT2D eigenvalue weighted by atomic mass is 10.0. The summed E-state index contributed by atoms with van der Waals surface area (Å²) in [5.74, 6) is 0.941. The molecule has 0 aromatic heterocycles. The summed E-state index contributed by atoms with van der Waals surface area (Å²) in [5, 5.41) is 3.63. The van der Waals surface area contributed by atoms with Gasteiger partial charge in [0.1, 0.15) is 5.75 Å². The van der Waals surface area contributed by atoms with Crippen molar-refractivity contribution in [2.75, 3.05) is 7.11 Å². The van der Waals surface area contributed by atoms with E-state index in [4.69, 9.17) is 4.74 Å². The topological polar surface area (TPSA) is 21.3 Å². The monoisotopic (exact) mass is 269 g/mol. The lowest BCUT2D eigenvalue weighted by Crippen LogP contribution is -2.23. The molecule has 0 aliphatic rings. The first-order valence-corrected chi connectivity index (χ1v) is 7.07. The third-order valence-electron chi connectivity index (χ3n) is 3.65. The molecule has 0 amide bonds.